The number of aromatic nitrogens is 4. The van der Waals surface area contributed by atoms with Gasteiger partial charge in [-0.15, -0.1) is 0 Å². The van der Waals surface area contributed by atoms with Gasteiger partial charge in [0.1, 0.15) is 11.8 Å². The Balaban J connectivity index is 1.80. The summed E-state index contributed by atoms with van der Waals surface area (Å²) in [6, 6.07) is 8.39. The van der Waals surface area contributed by atoms with Crippen LogP contribution >= 0.6 is 0 Å². The van der Waals surface area contributed by atoms with Crippen LogP contribution in [0.4, 0.5) is 5.82 Å². The van der Waals surface area contributed by atoms with Gasteiger partial charge < -0.3 is 10.3 Å². The van der Waals surface area contributed by atoms with Crippen LogP contribution in [-0.4, -0.2) is 19.5 Å². The molecular formula is C15H15N5. The molecule has 1 aromatic carbocycles. The lowest BCUT2D eigenvalue weighted by Crippen LogP contribution is -1.97. The zero-order valence-corrected chi connectivity index (χ0v) is 11.2. The molecule has 2 aromatic heterocycles. The minimum atomic E-state index is 0.413. The fraction of sp³-hybridized carbons (Fsp3) is 0.133. The van der Waals surface area contributed by atoms with Crippen molar-refractivity contribution in [1.29, 1.82) is 0 Å². The van der Waals surface area contributed by atoms with Gasteiger partial charge in [-0.2, -0.15) is 0 Å². The second-order valence-electron chi connectivity index (χ2n) is 4.64. The van der Waals surface area contributed by atoms with Crippen molar-refractivity contribution in [2.75, 3.05) is 5.73 Å². The highest BCUT2D eigenvalue weighted by atomic mass is 15.1. The number of hydrogen-bond donors (Lipinski definition) is 1. The number of rotatable bonds is 3. The van der Waals surface area contributed by atoms with Crippen LogP contribution in [-0.2, 0) is 6.54 Å². The average molecular weight is 265 g/mol. The zero-order valence-electron chi connectivity index (χ0n) is 11.2. The zero-order chi connectivity index (χ0) is 13.9. The molecule has 5 nitrogen and oxygen atoms in total. The molecule has 0 aliphatic heterocycles. The number of aryl methyl sites for hydroxylation is 1. The number of fused-ring (bicyclic) bond motifs is 1. The summed E-state index contributed by atoms with van der Waals surface area (Å²) >= 11 is 0. The smallest absolute Gasteiger partial charge is 0.165 e. The van der Waals surface area contributed by atoms with Gasteiger partial charge in [-0.3, -0.25) is 0 Å². The van der Waals surface area contributed by atoms with E-state index in [1.54, 1.807) is 6.33 Å². The summed E-state index contributed by atoms with van der Waals surface area (Å²) in [6.45, 7) is 2.77. The van der Waals surface area contributed by atoms with E-state index in [0.29, 0.717) is 17.9 Å². The number of anilines is 1. The molecule has 0 unspecified atom stereocenters. The first-order valence-corrected chi connectivity index (χ1v) is 6.38. The molecule has 0 aliphatic carbocycles. The SMILES string of the molecule is Cc1ccc(/C=C/Cn2cnc3c(N)ncnc32)cc1. The highest BCUT2D eigenvalue weighted by Gasteiger charge is 2.05. The molecule has 0 aliphatic rings. The van der Waals surface area contributed by atoms with Gasteiger partial charge >= 0.3 is 0 Å². The molecule has 0 saturated carbocycles. The van der Waals surface area contributed by atoms with E-state index in [4.69, 9.17) is 5.73 Å². The third-order valence-electron chi connectivity index (χ3n) is 3.12. The maximum atomic E-state index is 5.76. The molecule has 100 valence electrons. The summed E-state index contributed by atoms with van der Waals surface area (Å²) in [5.74, 6) is 0.413. The normalized spacial score (nSPS) is 11.4. The summed E-state index contributed by atoms with van der Waals surface area (Å²) < 4.78 is 1.94. The van der Waals surface area contributed by atoms with Gasteiger partial charge in [0.05, 0.1) is 6.33 Å². The van der Waals surface area contributed by atoms with Gasteiger partial charge in [-0.25, -0.2) is 15.0 Å². The van der Waals surface area contributed by atoms with Crippen LogP contribution in [0.1, 0.15) is 11.1 Å². The highest BCUT2D eigenvalue weighted by molar-refractivity contribution is 5.81. The molecule has 3 rings (SSSR count). The van der Waals surface area contributed by atoms with Crippen molar-refractivity contribution in [1.82, 2.24) is 19.5 Å². The fourth-order valence-corrected chi connectivity index (χ4v) is 2.01. The molecule has 5 heteroatoms. The van der Waals surface area contributed by atoms with E-state index in [0.717, 1.165) is 5.65 Å². The maximum absolute atomic E-state index is 5.76. The van der Waals surface area contributed by atoms with Crippen molar-refractivity contribution >= 4 is 23.1 Å². The number of nitrogens with two attached hydrogens (primary N) is 1. The number of hydrogen-bond acceptors (Lipinski definition) is 4. The second-order valence-corrected chi connectivity index (χ2v) is 4.64. The third-order valence-corrected chi connectivity index (χ3v) is 3.12. The van der Waals surface area contributed by atoms with E-state index < -0.39 is 0 Å². The number of nitrogen functional groups attached to an aromatic ring is 1. The van der Waals surface area contributed by atoms with Crippen LogP contribution in [0.2, 0.25) is 0 Å². The second kappa shape index (κ2) is 5.13. The Labute approximate surface area is 116 Å². The fourth-order valence-electron chi connectivity index (χ4n) is 2.01. The van der Waals surface area contributed by atoms with Gasteiger partial charge in [0.2, 0.25) is 0 Å². The monoisotopic (exact) mass is 265 g/mol. The van der Waals surface area contributed by atoms with E-state index in [1.165, 1.54) is 17.5 Å². The van der Waals surface area contributed by atoms with E-state index in [2.05, 4.69) is 58.3 Å². The van der Waals surface area contributed by atoms with Crippen LogP contribution < -0.4 is 5.73 Å². The van der Waals surface area contributed by atoms with E-state index in [-0.39, 0.29) is 0 Å². The lowest BCUT2D eigenvalue weighted by atomic mass is 10.1. The Morgan fingerprint density at radius 2 is 1.95 bits per heavy atom. The van der Waals surface area contributed by atoms with Crippen molar-refractivity contribution in [2.45, 2.75) is 13.5 Å². The quantitative estimate of drug-likeness (QED) is 0.789. The minimum absolute atomic E-state index is 0.413. The Kier molecular flexibility index (Phi) is 3.16. The Bertz CT molecular complexity index is 756. The molecule has 0 amide bonds. The summed E-state index contributed by atoms with van der Waals surface area (Å²) in [4.78, 5) is 12.4. The minimum Gasteiger partial charge on any atom is -0.382 e. The summed E-state index contributed by atoms with van der Waals surface area (Å²) in [5.41, 5.74) is 9.60. The molecule has 20 heavy (non-hydrogen) atoms. The van der Waals surface area contributed by atoms with Gasteiger partial charge in [0, 0.05) is 6.54 Å². The predicted octanol–water partition coefficient (Wildman–Crippen LogP) is 2.43. The highest BCUT2D eigenvalue weighted by Crippen LogP contribution is 2.14. The lowest BCUT2D eigenvalue weighted by Gasteiger charge is -1.99. The van der Waals surface area contributed by atoms with Crippen molar-refractivity contribution < 1.29 is 0 Å². The summed E-state index contributed by atoms with van der Waals surface area (Å²) in [7, 11) is 0. The van der Waals surface area contributed by atoms with E-state index >= 15 is 0 Å². The van der Waals surface area contributed by atoms with Crippen LogP contribution in [0.5, 0.6) is 0 Å². The average Bonchev–Trinajstić information content (AvgIpc) is 2.86. The molecule has 2 N–H and O–H groups in total. The van der Waals surface area contributed by atoms with Crippen molar-refractivity contribution in [3.8, 4) is 0 Å². The maximum Gasteiger partial charge on any atom is 0.165 e. The Hall–Kier alpha value is -2.69. The van der Waals surface area contributed by atoms with Crippen molar-refractivity contribution in [2.24, 2.45) is 0 Å². The Morgan fingerprint density at radius 3 is 2.75 bits per heavy atom. The molecule has 0 spiro atoms. The molecule has 0 fully saturated rings. The number of allylic oxidation sites excluding steroid dienone is 1. The largest absolute Gasteiger partial charge is 0.382 e. The molecule has 0 bridgehead atoms. The lowest BCUT2D eigenvalue weighted by molar-refractivity contribution is 0.839. The standard InChI is InChI=1S/C15H15N5/c1-11-4-6-12(7-5-11)3-2-8-20-10-19-13-14(16)17-9-18-15(13)20/h2-7,9-10H,8H2,1H3,(H2,16,17,18)/b3-2+. The van der Waals surface area contributed by atoms with E-state index in [1.807, 2.05) is 4.57 Å². The van der Waals surface area contributed by atoms with Crippen molar-refractivity contribution in [3.63, 3.8) is 0 Å². The van der Waals surface area contributed by atoms with Crippen LogP contribution in [0.25, 0.3) is 17.2 Å². The van der Waals surface area contributed by atoms with Gasteiger partial charge in [-0.1, -0.05) is 42.0 Å². The van der Waals surface area contributed by atoms with Gasteiger partial charge in [0.25, 0.3) is 0 Å². The first kappa shape index (κ1) is 12.3. The van der Waals surface area contributed by atoms with E-state index in [9.17, 15) is 0 Å². The molecule has 0 radical (unpaired) electrons. The van der Waals surface area contributed by atoms with Crippen LogP contribution in [0.15, 0.2) is 43.0 Å². The number of imidazole rings is 1. The third kappa shape index (κ3) is 2.38. The molecule has 3 aromatic rings. The Morgan fingerprint density at radius 1 is 1.15 bits per heavy atom. The molecule has 0 atom stereocenters. The van der Waals surface area contributed by atoms with Gasteiger partial charge in [-0.05, 0) is 12.5 Å². The first-order valence-electron chi connectivity index (χ1n) is 6.38. The topological polar surface area (TPSA) is 69.6 Å². The summed E-state index contributed by atoms with van der Waals surface area (Å²) in [5, 5.41) is 0. The van der Waals surface area contributed by atoms with Crippen molar-refractivity contribution in [3.05, 3.63) is 54.1 Å². The summed E-state index contributed by atoms with van der Waals surface area (Å²) in [6.07, 6.45) is 7.34. The molecule has 2 heterocycles. The molecule has 0 saturated heterocycles. The van der Waals surface area contributed by atoms with Crippen LogP contribution in [0.3, 0.4) is 0 Å². The first-order chi connectivity index (χ1) is 9.74. The predicted molar refractivity (Wildman–Crippen MR) is 79.9 cm³/mol. The molecular weight excluding hydrogens is 250 g/mol. The van der Waals surface area contributed by atoms with Gasteiger partial charge in [0.15, 0.2) is 11.5 Å². The number of benzene rings is 1. The number of nitrogens with zero attached hydrogens (tertiary/aromatic N) is 4. The van der Waals surface area contributed by atoms with Crippen LogP contribution in [0, 0.1) is 6.92 Å².